The summed E-state index contributed by atoms with van der Waals surface area (Å²) in [7, 11) is 0. The smallest absolute Gasteiger partial charge is 0.251 e. The Bertz CT molecular complexity index is 428. The highest BCUT2D eigenvalue weighted by molar-refractivity contribution is 5.81. The fourth-order valence-corrected chi connectivity index (χ4v) is 2.75. The molecule has 0 bridgehead atoms. The van der Waals surface area contributed by atoms with Crippen LogP contribution in [0.2, 0.25) is 0 Å². The number of hydrogen-bond donors (Lipinski definition) is 2. The molecule has 1 aliphatic rings. The molecule has 1 aromatic rings. The van der Waals surface area contributed by atoms with Crippen molar-refractivity contribution in [3.63, 3.8) is 0 Å². The molecule has 1 saturated heterocycles. The number of carbonyl (C=O) groups excluding carboxylic acids is 1. The molecule has 0 spiro atoms. The van der Waals surface area contributed by atoms with Gasteiger partial charge in [0.2, 0.25) is 0 Å². The monoisotopic (exact) mass is 277 g/mol. The van der Waals surface area contributed by atoms with Gasteiger partial charge in [-0.05, 0) is 18.1 Å². The van der Waals surface area contributed by atoms with Crippen molar-refractivity contribution in [3.8, 4) is 0 Å². The van der Waals surface area contributed by atoms with Crippen LogP contribution in [0, 0.1) is 5.92 Å². The molecular weight excluding hydrogens is 254 g/mol. The molecular formula is C14H23N5O. The van der Waals surface area contributed by atoms with Gasteiger partial charge in [-0.3, -0.25) is 15.1 Å². The van der Waals surface area contributed by atoms with Gasteiger partial charge in [-0.2, -0.15) is 0 Å². The molecule has 0 aliphatic carbocycles. The fraction of sp³-hybridized carbons (Fsp3) is 0.571. The van der Waals surface area contributed by atoms with Gasteiger partial charge in [-0.25, -0.2) is 10.8 Å². The lowest BCUT2D eigenvalue weighted by Crippen LogP contribution is -2.57. The topological polar surface area (TPSA) is 74.5 Å². The molecule has 1 amide bonds. The summed E-state index contributed by atoms with van der Waals surface area (Å²) in [6, 6.07) is 5.77. The molecule has 1 aliphatic heterocycles. The summed E-state index contributed by atoms with van der Waals surface area (Å²) in [5.41, 5.74) is 2.28. The molecule has 6 heteroatoms. The number of carbonyl (C=O) groups is 1. The van der Waals surface area contributed by atoms with Crippen LogP contribution in [-0.2, 0) is 4.79 Å². The first-order valence-corrected chi connectivity index (χ1v) is 7.04. The van der Waals surface area contributed by atoms with Crippen molar-refractivity contribution < 1.29 is 4.79 Å². The number of hydrazine groups is 1. The average Bonchev–Trinajstić information content (AvgIpc) is 2.48. The lowest BCUT2D eigenvalue weighted by molar-refractivity contribution is -0.128. The first kappa shape index (κ1) is 14.7. The van der Waals surface area contributed by atoms with Gasteiger partial charge in [0.1, 0.15) is 5.82 Å². The predicted molar refractivity (Wildman–Crippen MR) is 79.0 cm³/mol. The third-order valence-electron chi connectivity index (χ3n) is 3.72. The Kier molecular flexibility index (Phi) is 4.92. The zero-order valence-electron chi connectivity index (χ0n) is 12.1. The van der Waals surface area contributed by atoms with E-state index in [0.717, 1.165) is 32.0 Å². The minimum atomic E-state index is -0.161. The van der Waals surface area contributed by atoms with E-state index in [-0.39, 0.29) is 17.9 Å². The molecule has 1 unspecified atom stereocenters. The van der Waals surface area contributed by atoms with E-state index in [9.17, 15) is 4.79 Å². The maximum Gasteiger partial charge on any atom is 0.251 e. The second-order valence-electron chi connectivity index (χ2n) is 5.41. The van der Waals surface area contributed by atoms with Crippen molar-refractivity contribution in [2.24, 2.45) is 11.8 Å². The number of rotatable bonds is 4. The highest BCUT2D eigenvalue weighted by Crippen LogP contribution is 2.17. The van der Waals surface area contributed by atoms with Crippen LogP contribution in [0.1, 0.15) is 13.8 Å². The Balaban J connectivity index is 1.98. The van der Waals surface area contributed by atoms with E-state index in [2.05, 4.69) is 20.2 Å². The minimum Gasteiger partial charge on any atom is -0.354 e. The first-order valence-electron chi connectivity index (χ1n) is 7.04. The molecule has 0 saturated carbocycles. The molecule has 6 nitrogen and oxygen atoms in total. The largest absolute Gasteiger partial charge is 0.354 e. The SMILES string of the molecule is CC(C)C(C(=O)NN)N1CCN(c2ccccn2)CC1. The van der Waals surface area contributed by atoms with Crippen LogP contribution in [0.25, 0.3) is 0 Å². The van der Waals surface area contributed by atoms with Crippen LogP contribution < -0.4 is 16.2 Å². The summed E-state index contributed by atoms with van der Waals surface area (Å²) in [6.45, 7) is 7.52. The van der Waals surface area contributed by atoms with Crippen molar-refractivity contribution >= 4 is 11.7 Å². The molecule has 1 aromatic heterocycles. The van der Waals surface area contributed by atoms with Gasteiger partial charge in [-0.15, -0.1) is 0 Å². The molecule has 2 rings (SSSR count). The lowest BCUT2D eigenvalue weighted by atomic mass is 10.0. The van der Waals surface area contributed by atoms with Crippen LogP contribution in [0.3, 0.4) is 0 Å². The van der Waals surface area contributed by atoms with Gasteiger partial charge < -0.3 is 4.90 Å². The molecule has 110 valence electrons. The fourth-order valence-electron chi connectivity index (χ4n) is 2.75. The van der Waals surface area contributed by atoms with E-state index in [1.54, 1.807) is 6.20 Å². The number of amides is 1. The number of nitrogens with two attached hydrogens (primary N) is 1. The zero-order chi connectivity index (χ0) is 14.5. The van der Waals surface area contributed by atoms with Gasteiger partial charge in [0.25, 0.3) is 5.91 Å². The number of nitrogens with one attached hydrogen (secondary N) is 1. The van der Waals surface area contributed by atoms with Crippen molar-refractivity contribution in [3.05, 3.63) is 24.4 Å². The normalized spacial score (nSPS) is 18.1. The molecule has 3 N–H and O–H groups in total. The molecule has 0 aromatic carbocycles. The maximum absolute atomic E-state index is 11.9. The van der Waals surface area contributed by atoms with Crippen molar-refractivity contribution in [1.82, 2.24) is 15.3 Å². The summed E-state index contributed by atoms with van der Waals surface area (Å²) in [5.74, 6) is 6.42. The molecule has 1 fully saturated rings. The summed E-state index contributed by atoms with van der Waals surface area (Å²) < 4.78 is 0. The van der Waals surface area contributed by atoms with Crippen LogP contribution >= 0.6 is 0 Å². The molecule has 0 radical (unpaired) electrons. The summed E-state index contributed by atoms with van der Waals surface area (Å²) in [4.78, 5) is 20.7. The van der Waals surface area contributed by atoms with Gasteiger partial charge >= 0.3 is 0 Å². The third kappa shape index (κ3) is 3.26. The predicted octanol–water partition coefficient (Wildman–Crippen LogP) is 0.218. The van der Waals surface area contributed by atoms with E-state index in [4.69, 9.17) is 5.84 Å². The summed E-state index contributed by atoms with van der Waals surface area (Å²) in [6.07, 6.45) is 1.81. The van der Waals surface area contributed by atoms with Gasteiger partial charge in [0.05, 0.1) is 6.04 Å². The summed E-state index contributed by atoms with van der Waals surface area (Å²) >= 11 is 0. The Morgan fingerprint density at radius 1 is 1.30 bits per heavy atom. The lowest BCUT2D eigenvalue weighted by Gasteiger charge is -2.40. The number of anilines is 1. The molecule has 2 heterocycles. The second-order valence-corrected chi connectivity index (χ2v) is 5.41. The van der Waals surface area contributed by atoms with Crippen molar-refractivity contribution in [1.29, 1.82) is 0 Å². The van der Waals surface area contributed by atoms with Gasteiger partial charge in [0, 0.05) is 32.4 Å². The van der Waals surface area contributed by atoms with Crippen LogP contribution in [-0.4, -0.2) is 48.0 Å². The number of pyridine rings is 1. The number of nitrogens with zero attached hydrogens (tertiary/aromatic N) is 3. The second kappa shape index (κ2) is 6.67. The Labute approximate surface area is 119 Å². The summed E-state index contributed by atoms with van der Waals surface area (Å²) in [5, 5.41) is 0. The number of piperazine rings is 1. The standard InChI is InChI=1S/C14H23N5O/c1-11(2)13(14(20)17-15)19-9-7-18(8-10-19)12-5-3-4-6-16-12/h3-6,11,13H,7-10,15H2,1-2H3,(H,17,20). The van der Waals surface area contributed by atoms with Crippen LogP contribution in [0.5, 0.6) is 0 Å². The molecule has 20 heavy (non-hydrogen) atoms. The first-order chi connectivity index (χ1) is 9.63. The van der Waals surface area contributed by atoms with Gasteiger partial charge in [-0.1, -0.05) is 19.9 Å². The van der Waals surface area contributed by atoms with E-state index >= 15 is 0 Å². The highest BCUT2D eigenvalue weighted by Gasteiger charge is 2.31. The van der Waals surface area contributed by atoms with E-state index in [1.165, 1.54) is 0 Å². The maximum atomic E-state index is 11.9. The third-order valence-corrected chi connectivity index (χ3v) is 3.72. The minimum absolute atomic E-state index is 0.105. The average molecular weight is 277 g/mol. The van der Waals surface area contributed by atoms with Crippen molar-refractivity contribution in [2.45, 2.75) is 19.9 Å². The number of aromatic nitrogens is 1. The Morgan fingerprint density at radius 3 is 2.50 bits per heavy atom. The highest BCUT2D eigenvalue weighted by atomic mass is 16.2. The van der Waals surface area contributed by atoms with Crippen LogP contribution in [0.15, 0.2) is 24.4 Å². The van der Waals surface area contributed by atoms with E-state index < -0.39 is 0 Å². The molecule has 1 atom stereocenters. The van der Waals surface area contributed by atoms with Crippen molar-refractivity contribution in [2.75, 3.05) is 31.1 Å². The van der Waals surface area contributed by atoms with E-state index in [0.29, 0.717) is 0 Å². The Hall–Kier alpha value is -1.66. The van der Waals surface area contributed by atoms with E-state index in [1.807, 2.05) is 32.0 Å². The van der Waals surface area contributed by atoms with Gasteiger partial charge in [0.15, 0.2) is 0 Å². The number of hydrogen-bond acceptors (Lipinski definition) is 5. The Morgan fingerprint density at radius 2 is 2.00 bits per heavy atom. The van der Waals surface area contributed by atoms with Crippen LogP contribution in [0.4, 0.5) is 5.82 Å². The zero-order valence-corrected chi connectivity index (χ0v) is 12.1. The quantitative estimate of drug-likeness (QED) is 0.468.